The van der Waals surface area contributed by atoms with Gasteiger partial charge in [0, 0.05) is 10.5 Å². The van der Waals surface area contributed by atoms with Gasteiger partial charge in [0.15, 0.2) is 0 Å². The van der Waals surface area contributed by atoms with E-state index in [2.05, 4.69) is 22.8 Å². The molecule has 2 aromatic carbocycles. The van der Waals surface area contributed by atoms with E-state index in [1.807, 2.05) is 37.3 Å². The highest BCUT2D eigenvalue weighted by atomic mass is 32.2. The average molecular weight is 352 g/mol. The van der Waals surface area contributed by atoms with Crippen molar-refractivity contribution in [2.75, 3.05) is 5.32 Å². The molecule has 128 valence electrons. The molecule has 1 aliphatic carbocycles. The van der Waals surface area contributed by atoms with Crippen LogP contribution in [0.3, 0.4) is 0 Å². The highest BCUT2D eigenvalue weighted by molar-refractivity contribution is 8.00. The van der Waals surface area contributed by atoms with E-state index in [0.29, 0.717) is 5.56 Å². The number of carbonyl (C=O) groups is 2. The number of rotatable bonds is 3. The third-order valence-corrected chi connectivity index (χ3v) is 6.24. The zero-order chi connectivity index (χ0) is 17.4. The van der Waals surface area contributed by atoms with E-state index in [-0.39, 0.29) is 22.6 Å². The van der Waals surface area contributed by atoms with Crippen molar-refractivity contribution >= 4 is 29.3 Å². The number of hydrogen-bond acceptors (Lipinski definition) is 3. The molecular weight excluding hydrogens is 332 g/mol. The molecule has 2 aromatic rings. The fourth-order valence-electron chi connectivity index (χ4n) is 3.41. The Labute approximate surface area is 151 Å². The molecule has 1 fully saturated rings. The summed E-state index contributed by atoms with van der Waals surface area (Å²) in [6, 6.07) is 15.7. The molecule has 5 heteroatoms. The summed E-state index contributed by atoms with van der Waals surface area (Å²) < 4.78 is 0. The number of benzene rings is 2. The zero-order valence-electron chi connectivity index (χ0n) is 14.0. The maximum atomic E-state index is 12.8. The fourth-order valence-corrected chi connectivity index (χ4v) is 4.34. The highest BCUT2D eigenvalue weighted by Gasteiger charge is 2.40. The normalized spacial score (nSPS) is 20.8. The molecule has 1 atom stereocenters. The summed E-state index contributed by atoms with van der Waals surface area (Å²) in [5.74, 6) is -0.112. The molecule has 2 amide bonds. The van der Waals surface area contributed by atoms with E-state index < -0.39 is 0 Å². The summed E-state index contributed by atoms with van der Waals surface area (Å²) in [6.07, 6.45) is 3.03. The summed E-state index contributed by atoms with van der Waals surface area (Å²) in [6.45, 7) is 1.88. The third kappa shape index (κ3) is 2.93. The Morgan fingerprint density at radius 2 is 1.96 bits per heavy atom. The van der Waals surface area contributed by atoms with Crippen LogP contribution in [0.15, 0.2) is 53.4 Å². The molecule has 1 heterocycles. The van der Waals surface area contributed by atoms with Crippen LogP contribution in [0.2, 0.25) is 0 Å². The van der Waals surface area contributed by atoms with Crippen molar-refractivity contribution in [3.8, 4) is 0 Å². The number of nitrogens with one attached hydrogen (secondary N) is 2. The van der Waals surface area contributed by atoms with Gasteiger partial charge in [-0.25, -0.2) is 0 Å². The predicted octanol–water partition coefficient (Wildman–Crippen LogP) is 3.93. The maximum Gasteiger partial charge on any atom is 0.252 e. The number of hydrogen-bond donors (Lipinski definition) is 2. The van der Waals surface area contributed by atoms with Gasteiger partial charge in [-0.05, 0) is 49.9 Å². The van der Waals surface area contributed by atoms with Gasteiger partial charge in [-0.2, -0.15) is 0 Å². The molecule has 1 saturated carbocycles. The standard InChI is InChI=1S/C20H20N2O2S/c1-13-18(23)21-16-12-14(8-9-17(16)25-13)19(24)22-20(10-5-11-20)15-6-3-2-4-7-15/h2-4,6-9,12-13H,5,10-11H2,1H3,(H,21,23)(H,22,24)/t13-/m1/s1. The van der Waals surface area contributed by atoms with Gasteiger partial charge in [0.1, 0.15) is 0 Å². The van der Waals surface area contributed by atoms with Crippen molar-refractivity contribution < 1.29 is 9.59 Å². The van der Waals surface area contributed by atoms with E-state index in [9.17, 15) is 9.59 Å². The second-order valence-electron chi connectivity index (χ2n) is 6.72. The second-order valence-corrected chi connectivity index (χ2v) is 8.10. The first-order valence-electron chi connectivity index (χ1n) is 8.57. The summed E-state index contributed by atoms with van der Waals surface area (Å²) in [5.41, 5.74) is 2.20. The van der Waals surface area contributed by atoms with Crippen molar-refractivity contribution in [2.24, 2.45) is 0 Å². The molecule has 0 unspecified atom stereocenters. The predicted molar refractivity (Wildman–Crippen MR) is 99.8 cm³/mol. The molecule has 0 aromatic heterocycles. The van der Waals surface area contributed by atoms with Gasteiger partial charge >= 0.3 is 0 Å². The van der Waals surface area contributed by atoms with Gasteiger partial charge in [-0.1, -0.05) is 30.3 Å². The van der Waals surface area contributed by atoms with Crippen molar-refractivity contribution in [1.29, 1.82) is 0 Å². The van der Waals surface area contributed by atoms with Gasteiger partial charge in [0.05, 0.1) is 16.5 Å². The Morgan fingerprint density at radius 3 is 2.64 bits per heavy atom. The van der Waals surface area contributed by atoms with E-state index >= 15 is 0 Å². The van der Waals surface area contributed by atoms with Crippen LogP contribution in [-0.2, 0) is 10.3 Å². The van der Waals surface area contributed by atoms with Crippen LogP contribution in [0.4, 0.5) is 5.69 Å². The molecule has 4 rings (SSSR count). The monoisotopic (exact) mass is 352 g/mol. The first-order chi connectivity index (χ1) is 12.1. The number of fused-ring (bicyclic) bond motifs is 1. The van der Waals surface area contributed by atoms with Crippen LogP contribution in [0.25, 0.3) is 0 Å². The summed E-state index contributed by atoms with van der Waals surface area (Å²) in [7, 11) is 0. The average Bonchev–Trinajstić information content (AvgIpc) is 2.59. The SMILES string of the molecule is C[C@H]1Sc2ccc(C(=O)NC3(c4ccccc4)CCC3)cc2NC1=O. The number of carbonyl (C=O) groups excluding carboxylic acids is 2. The zero-order valence-corrected chi connectivity index (χ0v) is 14.9. The number of anilines is 1. The Balaban J connectivity index is 1.58. The molecular formula is C20H20N2O2S. The quantitative estimate of drug-likeness (QED) is 0.880. The van der Waals surface area contributed by atoms with Crippen LogP contribution >= 0.6 is 11.8 Å². The van der Waals surface area contributed by atoms with Crippen LogP contribution in [0.5, 0.6) is 0 Å². The van der Waals surface area contributed by atoms with Crippen LogP contribution in [0, 0.1) is 0 Å². The van der Waals surface area contributed by atoms with E-state index in [0.717, 1.165) is 35.4 Å². The van der Waals surface area contributed by atoms with Gasteiger partial charge in [0.25, 0.3) is 5.91 Å². The lowest BCUT2D eigenvalue weighted by atomic mass is 9.71. The lowest BCUT2D eigenvalue weighted by molar-refractivity contribution is -0.115. The minimum atomic E-state index is -0.263. The topological polar surface area (TPSA) is 58.2 Å². The van der Waals surface area contributed by atoms with E-state index in [1.54, 1.807) is 6.07 Å². The molecule has 0 bridgehead atoms. The first kappa shape index (κ1) is 16.2. The Morgan fingerprint density at radius 1 is 1.20 bits per heavy atom. The van der Waals surface area contributed by atoms with Crippen molar-refractivity contribution in [1.82, 2.24) is 5.32 Å². The molecule has 2 aliphatic rings. The lowest BCUT2D eigenvalue weighted by Gasteiger charge is -2.43. The smallest absolute Gasteiger partial charge is 0.252 e. The van der Waals surface area contributed by atoms with E-state index in [4.69, 9.17) is 0 Å². The molecule has 2 N–H and O–H groups in total. The largest absolute Gasteiger partial charge is 0.343 e. The number of amides is 2. The number of thioether (sulfide) groups is 1. The molecule has 1 aliphatic heterocycles. The maximum absolute atomic E-state index is 12.8. The Kier molecular flexibility index (Phi) is 4.04. The molecule has 4 nitrogen and oxygen atoms in total. The lowest BCUT2D eigenvalue weighted by Crippen LogP contribution is -2.50. The second kappa shape index (κ2) is 6.23. The summed E-state index contributed by atoms with van der Waals surface area (Å²) >= 11 is 1.52. The van der Waals surface area contributed by atoms with Crippen LogP contribution in [0.1, 0.15) is 42.1 Å². The van der Waals surface area contributed by atoms with Gasteiger partial charge < -0.3 is 10.6 Å². The Hall–Kier alpha value is -2.27. The van der Waals surface area contributed by atoms with Crippen LogP contribution in [-0.4, -0.2) is 17.1 Å². The molecule has 0 spiro atoms. The summed E-state index contributed by atoms with van der Waals surface area (Å²) in [5, 5.41) is 6.01. The minimum Gasteiger partial charge on any atom is -0.343 e. The molecule has 0 radical (unpaired) electrons. The van der Waals surface area contributed by atoms with Crippen molar-refractivity contribution in [2.45, 2.75) is 41.9 Å². The minimum absolute atomic E-state index is 0.0187. The van der Waals surface area contributed by atoms with Crippen LogP contribution < -0.4 is 10.6 Å². The first-order valence-corrected chi connectivity index (χ1v) is 9.45. The molecule has 0 saturated heterocycles. The van der Waals surface area contributed by atoms with Crippen molar-refractivity contribution in [3.05, 3.63) is 59.7 Å². The fraction of sp³-hybridized carbons (Fsp3) is 0.300. The summed E-state index contributed by atoms with van der Waals surface area (Å²) in [4.78, 5) is 25.7. The third-order valence-electron chi connectivity index (χ3n) is 5.06. The Bertz CT molecular complexity index is 831. The van der Waals surface area contributed by atoms with Gasteiger partial charge in [-0.3, -0.25) is 9.59 Å². The van der Waals surface area contributed by atoms with E-state index in [1.165, 1.54) is 11.8 Å². The van der Waals surface area contributed by atoms with Gasteiger partial charge in [-0.15, -0.1) is 11.8 Å². The van der Waals surface area contributed by atoms with Gasteiger partial charge in [0.2, 0.25) is 5.91 Å². The van der Waals surface area contributed by atoms with Crippen molar-refractivity contribution in [3.63, 3.8) is 0 Å². The highest BCUT2D eigenvalue weighted by Crippen LogP contribution is 2.42. The molecule has 25 heavy (non-hydrogen) atoms.